The normalized spacial score (nSPS) is 30.1. The van der Waals surface area contributed by atoms with E-state index in [0.29, 0.717) is 18.9 Å². The average Bonchev–Trinajstić information content (AvgIpc) is 2.29. The van der Waals surface area contributed by atoms with E-state index >= 15 is 0 Å². The summed E-state index contributed by atoms with van der Waals surface area (Å²) in [5.41, 5.74) is 0. The van der Waals surface area contributed by atoms with Gasteiger partial charge in [-0.15, -0.1) is 0 Å². The molecule has 1 rings (SSSR count). The fraction of sp³-hybridized carbons (Fsp3) is 0.917. The van der Waals surface area contributed by atoms with E-state index in [1.54, 1.807) is 14.2 Å². The molecule has 3 atom stereocenters. The standard InChI is InChI=1S/C12H22O4/c1-4-16-12(13)8-9-5-6-10(14-2)11(7-9)15-3/h9-11H,4-8H2,1-3H3. The predicted molar refractivity (Wildman–Crippen MR) is 60.2 cm³/mol. The lowest BCUT2D eigenvalue weighted by atomic mass is 9.83. The van der Waals surface area contributed by atoms with Gasteiger partial charge in [0.25, 0.3) is 0 Å². The molecule has 4 heteroatoms. The molecule has 0 heterocycles. The Hall–Kier alpha value is -0.610. The Balaban J connectivity index is 2.38. The topological polar surface area (TPSA) is 44.8 Å². The van der Waals surface area contributed by atoms with Gasteiger partial charge in [-0.25, -0.2) is 0 Å². The van der Waals surface area contributed by atoms with E-state index in [-0.39, 0.29) is 18.2 Å². The van der Waals surface area contributed by atoms with E-state index < -0.39 is 0 Å². The SMILES string of the molecule is CCOC(=O)CC1CCC(OC)C(OC)C1. The lowest BCUT2D eigenvalue weighted by Gasteiger charge is -2.33. The number of hydrogen-bond donors (Lipinski definition) is 0. The third-order valence-corrected chi connectivity index (χ3v) is 3.21. The van der Waals surface area contributed by atoms with Crippen molar-refractivity contribution in [2.45, 2.75) is 44.8 Å². The Morgan fingerprint density at radius 1 is 1.19 bits per heavy atom. The minimum Gasteiger partial charge on any atom is -0.466 e. The molecule has 3 unspecified atom stereocenters. The lowest BCUT2D eigenvalue weighted by Crippen LogP contribution is -2.37. The van der Waals surface area contributed by atoms with Crippen LogP contribution in [0.4, 0.5) is 0 Å². The van der Waals surface area contributed by atoms with Gasteiger partial charge in [0, 0.05) is 20.6 Å². The number of methoxy groups -OCH3 is 2. The fourth-order valence-corrected chi connectivity index (χ4v) is 2.34. The Bertz CT molecular complexity index is 217. The number of carbonyl (C=O) groups is 1. The van der Waals surface area contributed by atoms with Gasteiger partial charge in [-0.05, 0) is 32.1 Å². The molecule has 0 N–H and O–H groups in total. The maximum atomic E-state index is 11.4. The molecule has 4 nitrogen and oxygen atoms in total. The smallest absolute Gasteiger partial charge is 0.306 e. The molecule has 0 amide bonds. The first-order valence-electron chi connectivity index (χ1n) is 5.92. The van der Waals surface area contributed by atoms with Crippen molar-refractivity contribution in [3.05, 3.63) is 0 Å². The summed E-state index contributed by atoms with van der Waals surface area (Å²) in [6.45, 7) is 2.29. The fourth-order valence-electron chi connectivity index (χ4n) is 2.34. The van der Waals surface area contributed by atoms with Crippen molar-refractivity contribution in [1.29, 1.82) is 0 Å². The van der Waals surface area contributed by atoms with Crippen LogP contribution < -0.4 is 0 Å². The summed E-state index contributed by atoms with van der Waals surface area (Å²) in [6, 6.07) is 0. The number of ether oxygens (including phenoxy) is 3. The molecule has 0 bridgehead atoms. The van der Waals surface area contributed by atoms with Crippen molar-refractivity contribution in [3.8, 4) is 0 Å². The molecule has 1 fully saturated rings. The minimum absolute atomic E-state index is 0.0989. The van der Waals surface area contributed by atoms with Crippen molar-refractivity contribution >= 4 is 5.97 Å². The van der Waals surface area contributed by atoms with E-state index in [1.165, 1.54) is 0 Å². The summed E-state index contributed by atoms with van der Waals surface area (Å²) in [7, 11) is 3.41. The number of hydrogen-bond acceptors (Lipinski definition) is 4. The van der Waals surface area contributed by atoms with Crippen LogP contribution in [0, 0.1) is 5.92 Å². The molecule has 0 aromatic rings. The first-order chi connectivity index (χ1) is 7.71. The van der Waals surface area contributed by atoms with Crippen LogP contribution >= 0.6 is 0 Å². The number of carbonyl (C=O) groups excluding carboxylic acids is 1. The van der Waals surface area contributed by atoms with Gasteiger partial charge < -0.3 is 14.2 Å². The van der Waals surface area contributed by atoms with Crippen LogP contribution in [-0.2, 0) is 19.0 Å². The van der Waals surface area contributed by atoms with Crippen LogP contribution in [-0.4, -0.2) is 39.0 Å². The van der Waals surface area contributed by atoms with Crippen LogP contribution in [0.1, 0.15) is 32.6 Å². The second-order valence-corrected chi connectivity index (χ2v) is 4.24. The first kappa shape index (κ1) is 13.5. The molecule has 0 radical (unpaired) electrons. The molecular formula is C12H22O4. The van der Waals surface area contributed by atoms with Crippen molar-refractivity contribution in [3.63, 3.8) is 0 Å². The van der Waals surface area contributed by atoms with Crippen LogP contribution in [0.15, 0.2) is 0 Å². The largest absolute Gasteiger partial charge is 0.466 e. The van der Waals surface area contributed by atoms with E-state index in [9.17, 15) is 4.79 Å². The molecule has 1 aliphatic rings. The monoisotopic (exact) mass is 230 g/mol. The van der Waals surface area contributed by atoms with Crippen LogP contribution in [0.3, 0.4) is 0 Å². The lowest BCUT2D eigenvalue weighted by molar-refractivity contribution is -0.145. The summed E-state index contributed by atoms with van der Waals surface area (Å²) in [5, 5.41) is 0. The molecule has 16 heavy (non-hydrogen) atoms. The highest BCUT2D eigenvalue weighted by molar-refractivity contribution is 5.69. The number of rotatable bonds is 5. The molecule has 94 valence electrons. The van der Waals surface area contributed by atoms with Gasteiger partial charge >= 0.3 is 5.97 Å². The highest BCUT2D eigenvalue weighted by Crippen LogP contribution is 2.30. The molecule has 1 aliphatic carbocycles. The zero-order valence-corrected chi connectivity index (χ0v) is 10.4. The van der Waals surface area contributed by atoms with Crippen molar-refractivity contribution < 1.29 is 19.0 Å². The predicted octanol–water partition coefficient (Wildman–Crippen LogP) is 1.77. The third-order valence-electron chi connectivity index (χ3n) is 3.21. The van der Waals surface area contributed by atoms with Gasteiger partial charge in [-0.3, -0.25) is 4.79 Å². The molecule has 1 saturated carbocycles. The number of esters is 1. The van der Waals surface area contributed by atoms with E-state index in [2.05, 4.69) is 0 Å². The van der Waals surface area contributed by atoms with Gasteiger partial charge in [0.2, 0.25) is 0 Å². The summed E-state index contributed by atoms with van der Waals surface area (Å²) < 4.78 is 15.7. The highest BCUT2D eigenvalue weighted by Gasteiger charge is 2.31. The van der Waals surface area contributed by atoms with Crippen molar-refractivity contribution in [2.75, 3.05) is 20.8 Å². The second kappa shape index (κ2) is 6.86. The van der Waals surface area contributed by atoms with E-state index in [4.69, 9.17) is 14.2 Å². The van der Waals surface area contributed by atoms with E-state index in [1.807, 2.05) is 6.92 Å². The second-order valence-electron chi connectivity index (χ2n) is 4.24. The zero-order chi connectivity index (χ0) is 12.0. The van der Waals surface area contributed by atoms with Crippen LogP contribution in [0.2, 0.25) is 0 Å². The van der Waals surface area contributed by atoms with E-state index in [0.717, 1.165) is 19.3 Å². The van der Waals surface area contributed by atoms with Crippen LogP contribution in [0.25, 0.3) is 0 Å². The zero-order valence-electron chi connectivity index (χ0n) is 10.4. The third kappa shape index (κ3) is 3.76. The summed E-state index contributed by atoms with van der Waals surface area (Å²) in [6.07, 6.45) is 3.63. The van der Waals surface area contributed by atoms with Gasteiger partial charge in [-0.2, -0.15) is 0 Å². The van der Waals surface area contributed by atoms with Crippen molar-refractivity contribution in [2.24, 2.45) is 5.92 Å². The Labute approximate surface area is 97.2 Å². The maximum Gasteiger partial charge on any atom is 0.306 e. The molecular weight excluding hydrogens is 208 g/mol. The molecule has 0 aromatic carbocycles. The molecule has 0 aliphatic heterocycles. The average molecular weight is 230 g/mol. The Morgan fingerprint density at radius 2 is 1.88 bits per heavy atom. The van der Waals surface area contributed by atoms with Gasteiger partial charge in [-0.1, -0.05) is 0 Å². The highest BCUT2D eigenvalue weighted by atomic mass is 16.5. The van der Waals surface area contributed by atoms with Gasteiger partial charge in [0.1, 0.15) is 0 Å². The maximum absolute atomic E-state index is 11.4. The molecule has 0 saturated heterocycles. The molecule has 0 aromatic heterocycles. The first-order valence-corrected chi connectivity index (χ1v) is 5.92. The summed E-state index contributed by atoms with van der Waals surface area (Å²) in [4.78, 5) is 11.4. The quantitative estimate of drug-likeness (QED) is 0.675. The molecule has 0 spiro atoms. The van der Waals surface area contributed by atoms with Crippen LogP contribution in [0.5, 0.6) is 0 Å². The van der Waals surface area contributed by atoms with Gasteiger partial charge in [0.15, 0.2) is 0 Å². The van der Waals surface area contributed by atoms with Gasteiger partial charge in [0.05, 0.1) is 18.8 Å². The summed E-state index contributed by atoms with van der Waals surface area (Å²) in [5.74, 6) is 0.272. The minimum atomic E-state index is -0.0989. The Kier molecular flexibility index (Phi) is 5.77. The summed E-state index contributed by atoms with van der Waals surface area (Å²) >= 11 is 0. The Morgan fingerprint density at radius 3 is 2.44 bits per heavy atom. The van der Waals surface area contributed by atoms with Crippen molar-refractivity contribution in [1.82, 2.24) is 0 Å².